The highest BCUT2D eigenvalue weighted by molar-refractivity contribution is 6.05. The fourth-order valence-electron chi connectivity index (χ4n) is 22.6. The zero-order valence-corrected chi connectivity index (χ0v) is 80.4. The lowest BCUT2D eigenvalue weighted by molar-refractivity contribution is 1.07. The van der Waals surface area contributed by atoms with Crippen molar-refractivity contribution in [3.63, 3.8) is 0 Å². The monoisotopic (exact) mass is 1670 g/mol. The van der Waals surface area contributed by atoms with Crippen LogP contribution in [0.1, 0.15) is 401 Å². The van der Waals surface area contributed by atoms with Gasteiger partial charge in [0.2, 0.25) is 0 Å². The van der Waals surface area contributed by atoms with Crippen LogP contribution in [-0.4, -0.2) is 59.8 Å². The lowest BCUT2D eigenvalue weighted by Crippen LogP contribution is -1.94. The number of nitrogens with zero attached hydrogens (tertiary/aromatic N) is 6. The minimum atomic E-state index is 0.761. The number of allylic oxidation sites excluding steroid dienone is 12. The molecule has 12 nitrogen and oxygen atoms in total. The second kappa shape index (κ2) is 38.1. The summed E-state index contributed by atoms with van der Waals surface area (Å²) in [6.07, 6.45) is 25.0. The fraction of sp³-hybridized carbons (Fsp3) is 0.421. The summed E-state index contributed by atoms with van der Waals surface area (Å²) in [5.74, 6) is 15.1. The van der Waals surface area contributed by atoms with Gasteiger partial charge in [-0.2, -0.15) is 0 Å². The minimum Gasteiger partial charge on any atom is -0.355 e. The van der Waals surface area contributed by atoms with Crippen molar-refractivity contribution in [3.05, 3.63) is 206 Å². The van der Waals surface area contributed by atoms with Gasteiger partial charge < -0.3 is 29.9 Å². The molecule has 126 heavy (non-hydrogen) atoms. The van der Waals surface area contributed by atoms with Crippen molar-refractivity contribution in [2.75, 3.05) is 0 Å². The summed E-state index contributed by atoms with van der Waals surface area (Å²) >= 11 is 0. The molecule has 15 heterocycles. The van der Waals surface area contributed by atoms with E-state index in [0.717, 1.165) is 311 Å². The average molecular weight is 1670 g/mol. The van der Waals surface area contributed by atoms with Crippen molar-refractivity contribution >= 4 is 145 Å². The van der Waals surface area contributed by atoms with Gasteiger partial charge >= 0.3 is 0 Å². The third-order valence-electron chi connectivity index (χ3n) is 28.4. The maximum atomic E-state index is 6.10. The Kier molecular flexibility index (Phi) is 27.0. The number of aryl methyl sites for hydroxylation is 12. The first-order valence-electron chi connectivity index (χ1n) is 48.9. The maximum Gasteiger partial charge on any atom is 0.0850 e. The fourth-order valence-corrected chi connectivity index (χ4v) is 22.6. The van der Waals surface area contributed by atoms with Crippen LogP contribution >= 0.6 is 0 Å². The first-order valence-corrected chi connectivity index (χ1v) is 48.9. The molecule has 0 atom stereocenters. The maximum absolute atomic E-state index is 6.10. The van der Waals surface area contributed by atoms with E-state index in [1.807, 2.05) is 0 Å². The highest BCUT2D eigenvalue weighted by Gasteiger charge is 2.32. The lowest BCUT2D eigenvalue weighted by atomic mass is 9.94. The van der Waals surface area contributed by atoms with Crippen molar-refractivity contribution in [3.8, 4) is 23.7 Å². The molecule has 652 valence electrons. The van der Waals surface area contributed by atoms with E-state index in [1.54, 1.807) is 0 Å². The number of nitrogens with one attached hydrogen (secondary N) is 6. The molecule has 24 bridgehead atoms. The van der Waals surface area contributed by atoms with Gasteiger partial charge in [-0.25, -0.2) is 29.9 Å². The van der Waals surface area contributed by atoms with Crippen LogP contribution in [0.4, 0.5) is 0 Å². The summed E-state index contributed by atoms with van der Waals surface area (Å²) < 4.78 is 0. The molecule has 0 spiro atoms. The van der Waals surface area contributed by atoms with Gasteiger partial charge in [-0.15, -0.1) is 0 Å². The zero-order chi connectivity index (χ0) is 89.4. The van der Waals surface area contributed by atoms with Crippen LogP contribution in [0, 0.1) is 23.7 Å². The van der Waals surface area contributed by atoms with E-state index in [2.05, 4.69) is 280 Å². The Hall–Kier alpha value is -11.3. The van der Waals surface area contributed by atoms with E-state index in [9.17, 15) is 0 Å². The first-order chi connectivity index (χ1) is 61.4. The van der Waals surface area contributed by atoms with Crippen LogP contribution in [0.25, 0.3) is 145 Å². The number of aromatic nitrogens is 12. The predicted molar refractivity (Wildman–Crippen MR) is 543 cm³/mol. The normalized spacial score (nSPS) is 13.7. The molecule has 0 saturated carbocycles. The Bertz CT molecular complexity index is 6870. The van der Waals surface area contributed by atoms with Crippen molar-refractivity contribution in [2.24, 2.45) is 0 Å². The first kappa shape index (κ1) is 89.5. The quantitative estimate of drug-likeness (QED) is 0.0295. The largest absolute Gasteiger partial charge is 0.355 e. The zero-order valence-electron chi connectivity index (χ0n) is 80.4. The molecule has 0 aromatic carbocycles. The highest BCUT2D eigenvalue weighted by Crippen LogP contribution is 2.48. The van der Waals surface area contributed by atoms with Crippen molar-refractivity contribution < 1.29 is 0 Å². The number of rotatable bonds is 26. The molecule has 0 unspecified atom stereocenters. The second-order valence-electron chi connectivity index (χ2n) is 34.2. The van der Waals surface area contributed by atoms with Crippen molar-refractivity contribution in [2.45, 2.75) is 320 Å². The minimum absolute atomic E-state index is 0.761. The van der Waals surface area contributed by atoms with Gasteiger partial charge in [-0.05, 0) is 372 Å². The number of fused-ring (bicyclic) bond motifs is 24. The molecule has 9 aromatic rings. The molecule has 0 saturated heterocycles. The van der Waals surface area contributed by atoms with Crippen LogP contribution in [0.3, 0.4) is 0 Å². The standard InChI is InChI=1S/C114H136N12/c1-25-63-67(29-5)95-57-99-71(33-9)79(41-17)107(119-99)87(108-80(42-18)72(34-10)100(120-108)58-96-68(30-6)64(26-2)92(116-96)55-91(63)115-95)51-49-50-52-88-109-81(43-19)73(35-11)103(121-109)61-105-77(39-15)85(47-23)113(125-105)90(114-86(48-24)78(40-16)106(126-114)62-104-74(36-12)82(44-20)110(88)122-104)54-53-89-111-83(45-21)75(37-13)101(123-111)59-97-69(31-7)65(27-3)93(117-97)56-94-66(28-4)70(32-8)98(118-94)60-102-76(38-14)84(46-22)112(89)124-102/h53-62,115,117,120-121,124,126H,25-48H2,1-24H3. The SMILES string of the molecule is CCC1=C(CC)c2cc3[nH]c(c(C#CC#Cc4c5nc(cc6[nH]c(c(C=Cc7c8nc(cc9[nH]c(cc%10nc(cc%11[nH]c7c(CC)c%11CC)C(CC)=C%10CC)c(CC)c9CC)C(CC)=C8CC)c7nc(cc8[nH]c4c(CC)c8CC)C(CC)=C7CC)c(CC)c6CC)C(CC)=C5CC)c4nc(cc5[nH]c(cc1n2)c(CC)c5CC)C(CC)=C4CC)c(CC)c3CC. The van der Waals surface area contributed by atoms with Crippen LogP contribution < -0.4 is 0 Å². The van der Waals surface area contributed by atoms with Crippen LogP contribution in [-0.2, 0) is 77.0 Å². The molecule has 15 rings (SSSR count). The molecule has 9 aromatic heterocycles. The molecular formula is C114H136N12. The number of hydrogen-bond donors (Lipinski definition) is 6. The number of aromatic amines is 6. The number of H-pyrrole nitrogens is 6. The van der Waals surface area contributed by atoms with E-state index >= 15 is 0 Å². The molecule has 12 heteroatoms. The highest BCUT2D eigenvalue weighted by atomic mass is 14.8. The summed E-state index contributed by atoms with van der Waals surface area (Å²) in [5, 5.41) is 0. The van der Waals surface area contributed by atoms with E-state index < -0.39 is 0 Å². The summed E-state index contributed by atoms with van der Waals surface area (Å²) in [4.78, 5) is 59.9. The van der Waals surface area contributed by atoms with Crippen molar-refractivity contribution in [1.82, 2.24) is 59.8 Å². The molecule has 0 aliphatic carbocycles. The van der Waals surface area contributed by atoms with Gasteiger partial charge in [-0.1, -0.05) is 166 Å². The van der Waals surface area contributed by atoms with Gasteiger partial charge in [0, 0.05) is 55.3 Å². The molecule has 6 aliphatic rings. The topological polar surface area (TPSA) is 172 Å². The van der Waals surface area contributed by atoms with E-state index in [-0.39, 0.29) is 0 Å². The Labute approximate surface area is 750 Å². The average Bonchev–Trinajstić information content (AvgIpc) is 1.61. The molecule has 6 N–H and O–H groups in total. The molecule has 0 amide bonds. The van der Waals surface area contributed by atoms with Gasteiger partial charge in [0.15, 0.2) is 0 Å². The smallest absolute Gasteiger partial charge is 0.0850 e. The molecule has 6 aliphatic heterocycles. The lowest BCUT2D eigenvalue weighted by Gasteiger charge is -2.09. The summed E-state index contributed by atoms with van der Waals surface area (Å²) in [7, 11) is 0. The van der Waals surface area contributed by atoms with Crippen LogP contribution in [0.5, 0.6) is 0 Å². The Morgan fingerprint density at radius 3 is 0.587 bits per heavy atom. The summed E-state index contributed by atoms with van der Waals surface area (Å²) in [6.45, 7) is 55.2. The van der Waals surface area contributed by atoms with E-state index in [0.29, 0.717) is 0 Å². The molecular weight excluding hydrogens is 1540 g/mol. The molecule has 0 fully saturated rings. The van der Waals surface area contributed by atoms with E-state index in [4.69, 9.17) is 29.9 Å². The second-order valence-corrected chi connectivity index (χ2v) is 34.2. The summed E-state index contributed by atoms with van der Waals surface area (Å²) in [5.41, 5.74) is 59.7. The predicted octanol–water partition coefficient (Wildman–Crippen LogP) is 30.3. The Morgan fingerprint density at radius 2 is 0.365 bits per heavy atom. The third kappa shape index (κ3) is 15.1. The van der Waals surface area contributed by atoms with Gasteiger partial charge in [0.25, 0.3) is 0 Å². The summed E-state index contributed by atoms with van der Waals surface area (Å²) in [6, 6.07) is 18.8. The Balaban J connectivity index is 1.05. The van der Waals surface area contributed by atoms with Gasteiger partial charge in [0.1, 0.15) is 0 Å². The Morgan fingerprint density at radius 1 is 0.190 bits per heavy atom. The van der Waals surface area contributed by atoms with Crippen molar-refractivity contribution in [1.29, 1.82) is 0 Å². The molecule has 0 radical (unpaired) electrons. The number of hydrogen-bond acceptors (Lipinski definition) is 6. The van der Waals surface area contributed by atoms with Crippen LogP contribution in [0.2, 0.25) is 0 Å². The van der Waals surface area contributed by atoms with Gasteiger partial charge in [0.05, 0.1) is 102 Å². The van der Waals surface area contributed by atoms with E-state index in [1.165, 1.54) is 134 Å². The third-order valence-corrected chi connectivity index (χ3v) is 28.4. The van der Waals surface area contributed by atoms with Crippen LogP contribution in [0.15, 0.2) is 48.5 Å². The van der Waals surface area contributed by atoms with Gasteiger partial charge in [-0.3, -0.25) is 0 Å².